The molecule has 0 saturated carbocycles. The van der Waals surface area contributed by atoms with Crippen LogP contribution in [0.2, 0.25) is 0 Å². The normalized spacial score (nSPS) is 15.0. The van der Waals surface area contributed by atoms with E-state index in [4.69, 9.17) is 4.42 Å². The Kier molecular flexibility index (Phi) is 5.48. The number of aryl methyl sites for hydroxylation is 2. The van der Waals surface area contributed by atoms with Gasteiger partial charge in [-0.25, -0.2) is 0 Å². The number of benzene rings is 2. The third-order valence-corrected chi connectivity index (χ3v) is 5.91. The number of carbonyl (C=O) groups excluding carboxylic acids is 1. The van der Waals surface area contributed by atoms with Crippen molar-refractivity contribution in [3.63, 3.8) is 0 Å². The average molecular weight is 394 g/mol. The van der Waals surface area contributed by atoms with Crippen molar-refractivity contribution in [3.05, 3.63) is 65.2 Å². The molecule has 1 fully saturated rings. The number of hydrogen-bond donors (Lipinski definition) is 0. The summed E-state index contributed by atoms with van der Waals surface area (Å²) in [4.78, 5) is 15.1. The molecule has 1 amide bonds. The number of likely N-dealkylation sites (tertiary alicyclic amines) is 1. The molecule has 0 N–H and O–H groups in total. The number of aromatic nitrogens is 2. The second-order valence-electron chi connectivity index (χ2n) is 7.19. The van der Waals surface area contributed by atoms with E-state index in [9.17, 15) is 4.79 Å². The maximum atomic E-state index is 13.1. The van der Waals surface area contributed by atoms with Gasteiger partial charge in [0.15, 0.2) is 0 Å². The van der Waals surface area contributed by atoms with E-state index in [0.29, 0.717) is 11.1 Å². The zero-order valence-electron chi connectivity index (χ0n) is 16.1. The predicted octanol–water partition coefficient (Wildman–Crippen LogP) is 4.81. The van der Waals surface area contributed by atoms with Crippen molar-refractivity contribution in [1.82, 2.24) is 15.1 Å². The highest BCUT2D eigenvalue weighted by Gasteiger charge is 2.30. The van der Waals surface area contributed by atoms with Gasteiger partial charge in [0, 0.05) is 18.7 Å². The van der Waals surface area contributed by atoms with Crippen molar-refractivity contribution >= 4 is 17.7 Å². The van der Waals surface area contributed by atoms with E-state index in [0.717, 1.165) is 48.2 Å². The first kappa shape index (κ1) is 18.7. The molecule has 0 radical (unpaired) electrons. The Bertz CT molecular complexity index is 945. The molecule has 6 heteroatoms. The monoisotopic (exact) mass is 393 g/mol. The minimum Gasteiger partial charge on any atom is -0.411 e. The molecule has 1 unspecified atom stereocenters. The second kappa shape index (κ2) is 8.19. The lowest BCUT2D eigenvalue weighted by Crippen LogP contribution is -2.31. The third kappa shape index (κ3) is 4.12. The van der Waals surface area contributed by atoms with Crippen molar-refractivity contribution in [1.29, 1.82) is 0 Å². The fourth-order valence-corrected chi connectivity index (χ4v) is 4.52. The van der Waals surface area contributed by atoms with Gasteiger partial charge in [0.05, 0.1) is 0 Å². The highest BCUT2D eigenvalue weighted by atomic mass is 32.2. The first-order valence-corrected chi connectivity index (χ1v) is 10.4. The highest BCUT2D eigenvalue weighted by molar-refractivity contribution is 8.00. The van der Waals surface area contributed by atoms with Gasteiger partial charge in [-0.15, -0.1) is 10.2 Å². The molecule has 0 spiro atoms. The number of carbonyl (C=O) groups is 1. The first-order chi connectivity index (χ1) is 13.6. The van der Waals surface area contributed by atoms with Crippen molar-refractivity contribution in [2.24, 2.45) is 0 Å². The lowest BCUT2D eigenvalue weighted by atomic mass is 10.1. The Morgan fingerprint density at radius 3 is 2.39 bits per heavy atom. The SMILES string of the molecule is Cc1cc(C)cc(-c2nnc(SC(C(=O)N3CCCC3)c3ccccc3)o2)c1. The smallest absolute Gasteiger partial charge is 0.277 e. The van der Waals surface area contributed by atoms with E-state index >= 15 is 0 Å². The Hall–Kier alpha value is -2.60. The topological polar surface area (TPSA) is 59.2 Å². The van der Waals surface area contributed by atoms with Crippen LogP contribution in [0, 0.1) is 13.8 Å². The van der Waals surface area contributed by atoms with Crippen LogP contribution in [0.3, 0.4) is 0 Å². The van der Waals surface area contributed by atoms with Gasteiger partial charge in [0.1, 0.15) is 5.25 Å². The minimum atomic E-state index is -0.383. The number of hydrogen-bond acceptors (Lipinski definition) is 5. The Labute approximate surface area is 169 Å². The standard InChI is InChI=1S/C22H23N3O2S/c1-15-12-16(2)14-18(13-15)20-23-24-22(27-20)28-19(17-8-4-3-5-9-17)21(26)25-10-6-7-11-25/h3-5,8-9,12-14,19H,6-7,10-11H2,1-2H3. The van der Waals surface area contributed by atoms with Gasteiger partial charge >= 0.3 is 0 Å². The van der Waals surface area contributed by atoms with Gasteiger partial charge in [0.2, 0.25) is 11.8 Å². The zero-order chi connectivity index (χ0) is 19.5. The molecule has 1 aliphatic rings. The van der Waals surface area contributed by atoms with E-state index in [1.807, 2.05) is 61.2 Å². The second-order valence-corrected chi connectivity index (χ2v) is 8.25. The van der Waals surface area contributed by atoms with E-state index in [2.05, 4.69) is 16.3 Å². The van der Waals surface area contributed by atoms with Crippen molar-refractivity contribution in [2.45, 2.75) is 37.2 Å². The average Bonchev–Trinajstić information content (AvgIpc) is 3.38. The molecule has 1 aromatic heterocycles. The molecule has 1 aliphatic heterocycles. The van der Waals surface area contributed by atoms with Gasteiger partial charge in [-0.3, -0.25) is 4.79 Å². The number of amides is 1. The highest BCUT2D eigenvalue weighted by Crippen LogP contribution is 2.37. The molecule has 28 heavy (non-hydrogen) atoms. The molecule has 2 aromatic carbocycles. The van der Waals surface area contributed by atoms with Gasteiger partial charge < -0.3 is 9.32 Å². The lowest BCUT2D eigenvalue weighted by molar-refractivity contribution is -0.129. The summed E-state index contributed by atoms with van der Waals surface area (Å²) in [7, 11) is 0. The fourth-order valence-electron chi connectivity index (χ4n) is 3.57. The van der Waals surface area contributed by atoms with Crippen LogP contribution < -0.4 is 0 Å². The Morgan fingerprint density at radius 2 is 1.71 bits per heavy atom. The van der Waals surface area contributed by atoms with Crippen molar-refractivity contribution < 1.29 is 9.21 Å². The first-order valence-electron chi connectivity index (χ1n) is 9.53. The van der Waals surface area contributed by atoms with Crippen molar-refractivity contribution in [3.8, 4) is 11.5 Å². The molecule has 0 bridgehead atoms. The summed E-state index contributed by atoms with van der Waals surface area (Å²) >= 11 is 1.33. The molecule has 1 atom stereocenters. The summed E-state index contributed by atoms with van der Waals surface area (Å²) in [6.45, 7) is 5.73. The summed E-state index contributed by atoms with van der Waals surface area (Å²) in [5.74, 6) is 0.592. The lowest BCUT2D eigenvalue weighted by Gasteiger charge is -2.22. The summed E-state index contributed by atoms with van der Waals surface area (Å²) in [5.41, 5.74) is 4.15. The van der Waals surface area contributed by atoms with E-state index in [1.54, 1.807) is 0 Å². The summed E-state index contributed by atoms with van der Waals surface area (Å²) in [5, 5.41) is 8.44. The maximum Gasteiger partial charge on any atom is 0.277 e. The molecule has 144 valence electrons. The van der Waals surface area contributed by atoms with Crippen LogP contribution >= 0.6 is 11.8 Å². The third-order valence-electron chi connectivity index (χ3n) is 4.84. The predicted molar refractivity (Wildman–Crippen MR) is 110 cm³/mol. The fraction of sp³-hybridized carbons (Fsp3) is 0.318. The quantitative estimate of drug-likeness (QED) is 0.582. The molecular weight excluding hydrogens is 370 g/mol. The van der Waals surface area contributed by atoms with Crippen LogP contribution in [-0.4, -0.2) is 34.1 Å². The van der Waals surface area contributed by atoms with Crippen LogP contribution in [-0.2, 0) is 4.79 Å². The molecule has 5 nitrogen and oxygen atoms in total. The maximum absolute atomic E-state index is 13.1. The van der Waals surface area contributed by atoms with E-state index in [1.165, 1.54) is 11.8 Å². The summed E-state index contributed by atoms with van der Waals surface area (Å²) in [6, 6.07) is 16.0. The molecule has 3 aromatic rings. The van der Waals surface area contributed by atoms with Crippen LogP contribution in [0.25, 0.3) is 11.5 Å². The van der Waals surface area contributed by atoms with Crippen LogP contribution in [0.15, 0.2) is 58.2 Å². The molecular formula is C22H23N3O2S. The van der Waals surface area contributed by atoms with Crippen molar-refractivity contribution in [2.75, 3.05) is 13.1 Å². The van der Waals surface area contributed by atoms with Gasteiger partial charge in [-0.2, -0.15) is 0 Å². The number of thioether (sulfide) groups is 1. The number of nitrogens with zero attached hydrogens (tertiary/aromatic N) is 3. The summed E-state index contributed by atoms with van der Waals surface area (Å²) < 4.78 is 5.91. The molecule has 2 heterocycles. The number of rotatable bonds is 5. The largest absolute Gasteiger partial charge is 0.411 e. The molecule has 1 saturated heterocycles. The van der Waals surface area contributed by atoms with Crippen LogP contribution in [0.5, 0.6) is 0 Å². The Morgan fingerprint density at radius 1 is 1.04 bits per heavy atom. The summed E-state index contributed by atoms with van der Waals surface area (Å²) in [6.07, 6.45) is 2.13. The van der Waals surface area contributed by atoms with Gasteiger partial charge in [-0.1, -0.05) is 47.5 Å². The minimum absolute atomic E-state index is 0.111. The molecule has 0 aliphatic carbocycles. The zero-order valence-corrected chi connectivity index (χ0v) is 16.9. The Balaban J connectivity index is 1.60. The van der Waals surface area contributed by atoms with Crippen LogP contribution in [0.4, 0.5) is 0 Å². The van der Waals surface area contributed by atoms with E-state index < -0.39 is 0 Å². The van der Waals surface area contributed by atoms with Crippen LogP contribution in [0.1, 0.15) is 34.8 Å². The van der Waals surface area contributed by atoms with Gasteiger partial charge in [0.25, 0.3) is 5.22 Å². The molecule has 4 rings (SSSR count). The van der Waals surface area contributed by atoms with Gasteiger partial charge in [-0.05, 0) is 56.1 Å². The van der Waals surface area contributed by atoms with E-state index in [-0.39, 0.29) is 11.2 Å².